The predicted molar refractivity (Wildman–Crippen MR) is 119 cm³/mol. The number of ether oxygens (including phenoxy) is 1. The van der Waals surface area contributed by atoms with Crippen LogP contribution in [0.5, 0.6) is 5.75 Å². The lowest BCUT2D eigenvalue weighted by Crippen LogP contribution is -2.36. The topological polar surface area (TPSA) is 93.1 Å². The maximum atomic E-state index is 11.4. The summed E-state index contributed by atoms with van der Waals surface area (Å²) in [5, 5.41) is 9.26. The third-order valence-corrected chi connectivity index (χ3v) is 6.08. The van der Waals surface area contributed by atoms with E-state index in [1.165, 1.54) is 5.56 Å². The van der Waals surface area contributed by atoms with Gasteiger partial charge in [0.25, 0.3) is 0 Å². The zero-order chi connectivity index (χ0) is 22.6. The van der Waals surface area contributed by atoms with E-state index in [2.05, 4.69) is 11.9 Å². The molecule has 0 spiro atoms. The first-order valence-electron chi connectivity index (χ1n) is 10.3. The normalized spacial score (nSPS) is 16.9. The lowest BCUT2D eigenvalue weighted by molar-refractivity contribution is -0.149. The minimum atomic E-state index is -3.53. The van der Waals surface area contributed by atoms with Crippen molar-refractivity contribution in [2.24, 2.45) is 0 Å². The Morgan fingerprint density at radius 1 is 1.19 bits per heavy atom. The molecule has 7 nitrogen and oxygen atoms in total. The summed E-state index contributed by atoms with van der Waals surface area (Å²) >= 11 is 0. The second-order valence-electron chi connectivity index (χ2n) is 7.88. The Hall–Kier alpha value is -2.58. The third-order valence-electron chi connectivity index (χ3n) is 5.58. The van der Waals surface area contributed by atoms with E-state index in [1.54, 1.807) is 13.0 Å². The SMILES string of the molecule is CCOC(Cc1ccc(N(C)C2CCc3cc(OS(C)(=O)=O)ccc3C2)cc1)C(=O)O. The van der Waals surface area contributed by atoms with Crippen molar-refractivity contribution in [3.05, 3.63) is 59.2 Å². The summed E-state index contributed by atoms with van der Waals surface area (Å²) < 4.78 is 33.0. The Morgan fingerprint density at radius 2 is 1.90 bits per heavy atom. The Bertz CT molecular complexity index is 1020. The molecule has 2 atom stereocenters. The molecule has 31 heavy (non-hydrogen) atoms. The van der Waals surface area contributed by atoms with Gasteiger partial charge < -0.3 is 18.9 Å². The van der Waals surface area contributed by atoms with Crippen molar-refractivity contribution in [3.63, 3.8) is 0 Å². The molecule has 0 fully saturated rings. The first-order valence-corrected chi connectivity index (χ1v) is 12.2. The molecule has 0 radical (unpaired) electrons. The molecule has 0 aromatic heterocycles. The number of anilines is 1. The summed E-state index contributed by atoms with van der Waals surface area (Å²) in [5.41, 5.74) is 4.31. The molecule has 1 aliphatic rings. The number of benzene rings is 2. The number of nitrogens with zero attached hydrogens (tertiary/aromatic N) is 1. The van der Waals surface area contributed by atoms with Gasteiger partial charge in [-0.15, -0.1) is 0 Å². The smallest absolute Gasteiger partial charge is 0.333 e. The first-order chi connectivity index (χ1) is 14.7. The number of hydrogen-bond acceptors (Lipinski definition) is 6. The zero-order valence-corrected chi connectivity index (χ0v) is 18.9. The highest BCUT2D eigenvalue weighted by molar-refractivity contribution is 7.86. The average molecular weight is 448 g/mol. The van der Waals surface area contributed by atoms with Gasteiger partial charge in [0.2, 0.25) is 0 Å². The standard InChI is InChI=1S/C23H29NO6S/c1-4-29-22(23(25)26)13-16-5-9-19(10-6-16)24(2)20-11-7-18-15-21(30-31(3,27)28)12-8-17(18)14-20/h5-6,8-10,12,15,20,22H,4,7,11,13-14H2,1-3H3,(H,25,26). The molecule has 8 heteroatoms. The van der Waals surface area contributed by atoms with Gasteiger partial charge in [-0.05, 0) is 67.1 Å². The largest absolute Gasteiger partial charge is 0.479 e. The highest BCUT2D eigenvalue weighted by Crippen LogP contribution is 2.30. The number of rotatable bonds is 9. The molecular weight excluding hydrogens is 418 g/mol. The van der Waals surface area contributed by atoms with Gasteiger partial charge in [-0.3, -0.25) is 0 Å². The molecule has 0 heterocycles. The van der Waals surface area contributed by atoms with Crippen LogP contribution in [0.1, 0.15) is 30.0 Å². The summed E-state index contributed by atoms with van der Waals surface area (Å²) in [5.74, 6) is -0.593. The fraction of sp³-hybridized carbons (Fsp3) is 0.435. The van der Waals surface area contributed by atoms with E-state index in [1.807, 2.05) is 36.4 Å². The van der Waals surface area contributed by atoms with Gasteiger partial charge in [-0.2, -0.15) is 8.42 Å². The highest BCUT2D eigenvalue weighted by atomic mass is 32.2. The minimum absolute atomic E-state index is 0.315. The predicted octanol–water partition coefficient (Wildman–Crippen LogP) is 3.05. The van der Waals surface area contributed by atoms with Crippen molar-refractivity contribution >= 4 is 21.8 Å². The van der Waals surface area contributed by atoms with Crippen LogP contribution in [-0.4, -0.2) is 51.5 Å². The van der Waals surface area contributed by atoms with E-state index >= 15 is 0 Å². The number of aliphatic carboxylic acids is 1. The molecule has 3 rings (SSSR count). The van der Waals surface area contributed by atoms with Crippen LogP contribution in [0, 0.1) is 0 Å². The van der Waals surface area contributed by atoms with E-state index in [-0.39, 0.29) is 0 Å². The number of fused-ring (bicyclic) bond motifs is 1. The van der Waals surface area contributed by atoms with Crippen LogP contribution in [0.2, 0.25) is 0 Å². The molecule has 0 aliphatic heterocycles. The lowest BCUT2D eigenvalue weighted by Gasteiger charge is -2.34. The van der Waals surface area contributed by atoms with Gasteiger partial charge in [0.1, 0.15) is 5.75 Å². The van der Waals surface area contributed by atoms with E-state index in [9.17, 15) is 18.3 Å². The Morgan fingerprint density at radius 3 is 2.52 bits per heavy atom. The summed E-state index contributed by atoms with van der Waals surface area (Å²) in [6, 6.07) is 13.7. The lowest BCUT2D eigenvalue weighted by atomic mass is 9.87. The van der Waals surface area contributed by atoms with Gasteiger partial charge >= 0.3 is 16.1 Å². The fourth-order valence-electron chi connectivity index (χ4n) is 3.98. The van der Waals surface area contributed by atoms with E-state index < -0.39 is 22.2 Å². The van der Waals surface area contributed by atoms with Crippen molar-refractivity contribution in [1.29, 1.82) is 0 Å². The van der Waals surface area contributed by atoms with Crippen molar-refractivity contribution in [3.8, 4) is 5.75 Å². The van der Waals surface area contributed by atoms with E-state index in [0.717, 1.165) is 42.3 Å². The number of aryl methyl sites for hydroxylation is 1. The van der Waals surface area contributed by atoms with Gasteiger partial charge in [-0.1, -0.05) is 18.2 Å². The third kappa shape index (κ3) is 6.21. The Kier molecular flexibility index (Phi) is 7.23. The Labute approximate surface area is 183 Å². The van der Waals surface area contributed by atoms with Crippen molar-refractivity contribution in [2.75, 3.05) is 24.8 Å². The van der Waals surface area contributed by atoms with Crippen LogP contribution in [0.3, 0.4) is 0 Å². The zero-order valence-electron chi connectivity index (χ0n) is 18.1. The molecule has 0 saturated heterocycles. The maximum Gasteiger partial charge on any atom is 0.333 e. The van der Waals surface area contributed by atoms with Crippen LogP contribution in [0.25, 0.3) is 0 Å². The molecule has 0 amide bonds. The second-order valence-corrected chi connectivity index (χ2v) is 9.45. The molecular formula is C23H29NO6S. The van der Waals surface area contributed by atoms with E-state index in [0.29, 0.717) is 24.8 Å². The van der Waals surface area contributed by atoms with Gasteiger partial charge in [0.05, 0.1) is 6.26 Å². The molecule has 2 unspecified atom stereocenters. The summed E-state index contributed by atoms with van der Waals surface area (Å²) in [6.45, 7) is 2.15. The number of carboxylic acids is 1. The number of hydrogen-bond donors (Lipinski definition) is 1. The van der Waals surface area contributed by atoms with Gasteiger partial charge in [0, 0.05) is 31.8 Å². The minimum Gasteiger partial charge on any atom is -0.479 e. The first kappa shape index (κ1) is 23.1. The molecule has 2 aromatic rings. The van der Waals surface area contributed by atoms with Crippen LogP contribution in [0.4, 0.5) is 5.69 Å². The van der Waals surface area contributed by atoms with Crippen molar-refractivity contribution < 1.29 is 27.2 Å². The fourth-order valence-corrected chi connectivity index (χ4v) is 4.43. The molecule has 1 N–H and O–H groups in total. The summed E-state index contributed by atoms with van der Waals surface area (Å²) in [6.07, 6.45) is 3.19. The summed E-state index contributed by atoms with van der Waals surface area (Å²) in [4.78, 5) is 13.5. The van der Waals surface area contributed by atoms with Crippen LogP contribution in [0.15, 0.2) is 42.5 Å². The van der Waals surface area contributed by atoms with Crippen LogP contribution < -0.4 is 9.08 Å². The number of likely N-dealkylation sites (N-methyl/N-ethyl adjacent to an activating group) is 1. The number of carbonyl (C=O) groups is 1. The molecule has 1 aliphatic carbocycles. The van der Waals surface area contributed by atoms with Crippen molar-refractivity contribution in [1.82, 2.24) is 0 Å². The number of carboxylic acid groups (broad SMARTS) is 1. The maximum absolute atomic E-state index is 11.4. The van der Waals surface area contributed by atoms with E-state index in [4.69, 9.17) is 8.92 Å². The highest BCUT2D eigenvalue weighted by Gasteiger charge is 2.24. The quantitative estimate of drug-likeness (QED) is 0.591. The average Bonchev–Trinajstić information content (AvgIpc) is 2.72. The molecule has 2 aromatic carbocycles. The second kappa shape index (κ2) is 9.70. The Balaban J connectivity index is 1.66. The van der Waals surface area contributed by atoms with Crippen LogP contribution >= 0.6 is 0 Å². The van der Waals surface area contributed by atoms with Gasteiger partial charge in [-0.25, -0.2) is 4.79 Å². The summed E-state index contributed by atoms with van der Waals surface area (Å²) in [7, 11) is -1.47. The molecule has 0 bridgehead atoms. The molecule has 0 saturated carbocycles. The van der Waals surface area contributed by atoms with Gasteiger partial charge in [0.15, 0.2) is 6.10 Å². The van der Waals surface area contributed by atoms with Crippen LogP contribution in [-0.2, 0) is 38.9 Å². The van der Waals surface area contributed by atoms with Crippen molar-refractivity contribution in [2.45, 2.75) is 44.8 Å². The monoisotopic (exact) mass is 447 g/mol. The molecule has 168 valence electrons.